The van der Waals surface area contributed by atoms with Crippen molar-refractivity contribution in [3.05, 3.63) is 36.4 Å². The van der Waals surface area contributed by atoms with E-state index in [9.17, 15) is 4.79 Å². The Morgan fingerprint density at radius 1 is 1.26 bits per heavy atom. The Balaban J connectivity index is 1.76. The molecule has 5 nitrogen and oxygen atoms in total. The number of rotatable bonds is 3. The van der Waals surface area contributed by atoms with Crippen LogP contribution in [0.2, 0.25) is 0 Å². The second-order valence-electron chi connectivity index (χ2n) is 5.79. The van der Waals surface area contributed by atoms with Gasteiger partial charge in [0.15, 0.2) is 0 Å². The fraction of sp³-hybridized carbons (Fsp3) is 0.278. The molecule has 2 aromatic carbocycles. The number of furan rings is 1. The highest BCUT2D eigenvalue weighted by molar-refractivity contribution is 6.08. The first-order chi connectivity index (χ1) is 11.3. The van der Waals surface area contributed by atoms with Crippen LogP contribution < -0.4 is 15.4 Å². The van der Waals surface area contributed by atoms with Crippen LogP contribution in [0.1, 0.15) is 12.8 Å². The quantitative estimate of drug-likeness (QED) is 0.779. The van der Waals surface area contributed by atoms with E-state index in [-0.39, 0.29) is 11.9 Å². The molecule has 0 aliphatic carbocycles. The summed E-state index contributed by atoms with van der Waals surface area (Å²) in [5.41, 5.74) is 2.20. The lowest BCUT2D eigenvalue weighted by molar-refractivity contribution is -0.117. The van der Waals surface area contributed by atoms with Crippen LogP contribution >= 0.6 is 0 Å². The summed E-state index contributed by atoms with van der Waals surface area (Å²) in [6.45, 7) is 0.887. The predicted molar refractivity (Wildman–Crippen MR) is 89.9 cm³/mol. The van der Waals surface area contributed by atoms with Crippen LogP contribution in [-0.4, -0.2) is 25.6 Å². The zero-order chi connectivity index (χ0) is 15.8. The van der Waals surface area contributed by atoms with Gasteiger partial charge < -0.3 is 19.8 Å². The van der Waals surface area contributed by atoms with Crippen molar-refractivity contribution in [2.24, 2.45) is 0 Å². The van der Waals surface area contributed by atoms with E-state index in [0.29, 0.717) is 11.4 Å². The minimum absolute atomic E-state index is 0.0312. The molecule has 1 atom stereocenters. The van der Waals surface area contributed by atoms with Crippen LogP contribution in [0.5, 0.6) is 5.75 Å². The third-order valence-electron chi connectivity index (χ3n) is 4.33. The minimum Gasteiger partial charge on any atom is -0.495 e. The van der Waals surface area contributed by atoms with Crippen LogP contribution in [0.25, 0.3) is 21.9 Å². The fourth-order valence-electron chi connectivity index (χ4n) is 3.15. The standard InChI is InChI=1S/C18H18N2O3/c1-22-17-9-12-11-5-2-3-7-15(11)23-16(12)10-14(17)20-18(21)13-6-4-8-19-13/h2-3,5,7,9-10,13,19H,4,6,8H2,1H3,(H,20,21). The highest BCUT2D eigenvalue weighted by Crippen LogP contribution is 2.36. The summed E-state index contributed by atoms with van der Waals surface area (Å²) in [7, 11) is 1.60. The van der Waals surface area contributed by atoms with Crippen LogP contribution in [-0.2, 0) is 4.79 Å². The first kappa shape index (κ1) is 14.1. The van der Waals surface area contributed by atoms with Gasteiger partial charge in [-0.25, -0.2) is 0 Å². The summed E-state index contributed by atoms with van der Waals surface area (Å²) >= 11 is 0. The molecule has 1 aliphatic heterocycles. The van der Waals surface area contributed by atoms with Crippen molar-refractivity contribution < 1.29 is 13.9 Å². The van der Waals surface area contributed by atoms with Gasteiger partial charge in [0.05, 0.1) is 18.8 Å². The van der Waals surface area contributed by atoms with Gasteiger partial charge in [-0.1, -0.05) is 18.2 Å². The lowest BCUT2D eigenvalue weighted by Gasteiger charge is -2.13. The van der Waals surface area contributed by atoms with Gasteiger partial charge in [-0.05, 0) is 31.5 Å². The highest BCUT2D eigenvalue weighted by atomic mass is 16.5. The van der Waals surface area contributed by atoms with E-state index in [4.69, 9.17) is 9.15 Å². The van der Waals surface area contributed by atoms with Crippen molar-refractivity contribution in [2.45, 2.75) is 18.9 Å². The summed E-state index contributed by atoms with van der Waals surface area (Å²) in [6, 6.07) is 11.5. The third kappa shape index (κ3) is 2.43. The molecule has 1 amide bonds. The Hall–Kier alpha value is -2.53. The molecule has 0 bridgehead atoms. The van der Waals surface area contributed by atoms with E-state index in [0.717, 1.165) is 41.3 Å². The molecule has 5 heteroatoms. The number of para-hydroxylation sites is 1. The van der Waals surface area contributed by atoms with E-state index in [1.54, 1.807) is 7.11 Å². The third-order valence-corrected chi connectivity index (χ3v) is 4.33. The molecular formula is C18H18N2O3. The molecule has 0 spiro atoms. The molecule has 1 fully saturated rings. The molecule has 1 aromatic heterocycles. The number of carbonyl (C=O) groups excluding carboxylic acids is 1. The number of ether oxygens (including phenoxy) is 1. The molecule has 0 saturated carbocycles. The van der Waals surface area contributed by atoms with Gasteiger partial charge in [-0.3, -0.25) is 4.79 Å². The van der Waals surface area contributed by atoms with Crippen molar-refractivity contribution in [1.29, 1.82) is 0 Å². The molecule has 1 unspecified atom stereocenters. The molecule has 0 radical (unpaired) electrons. The highest BCUT2D eigenvalue weighted by Gasteiger charge is 2.23. The number of fused-ring (bicyclic) bond motifs is 3. The predicted octanol–water partition coefficient (Wildman–Crippen LogP) is 3.29. The van der Waals surface area contributed by atoms with E-state index in [1.807, 2.05) is 36.4 Å². The molecule has 2 N–H and O–H groups in total. The van der Waals surface area contributed by atoms with E-state index in [1.165, 1.54) is 0 Å². The van der Waals surface area contributed by atoms with Gasteiger partial charge in [-0.15, -0.1) is 0 Å². The maximum Gasteiger partial charge on any atom is 0.241 e. The van der Waals surface area contributed by atoms with Crippen LogP contribution in [0, 0.1) is 0 Å². The number of nitrogens with one attached hydrogen (secondary N) is 2. The molecule has 1 saturated heterocycles. The topological polar surface area (TPSA) is 63.5 Å². The Labute approximate surface area is 133 Å². The van der Waals surface area contributed by atoms with Crippen molar-refractivity contribution in [2.75, 3.05) is 19.0 Å². The minimum atomic E-state index is -0.133. The smallest absolute Gasteiger partial charge is 0.241 e. The Morgan fingerprint density at radius 3 is 2.91 bits per heavy atom. The fourth-order valence-corrected chi connectivity index (χ4v) is 3.15. The molecule has 4 rings (SSSR count). The Morgan fingerprint density at radius 2 is 2.13 bits per heavy atom. The normalized spacial score (nSPS) is 17.7. The molecular weight excluding hydrogens is 292 g/mol. The number of anilines is 1. The number of hydrogen-bond acceptors (Lipinski definition) is 4. The van der Waals surface area contributed by atoms with Gasteiger partial charge >= 0.3 is 0 Å². The number of hydrogen-bond donors (Lipinski definition) is 2. The van der Waals surface area contributed by atoms with E-state index < -0.39 is 0 Å². The van der Waals surface area contributed by atoms with Crippen molar-refractivity contribution in [1.82, 2.24) is 5.32 Å². The van der Waals surface area contributed by atoms with Gasteiger partial charge in [0, 0.05) is 16.8 Å². The number of methoxy groups -OCH3 is 1. The molecule has 23 heavy (non-hydrogen) atoms. The van der Waals surface area contributed by atoms with Gasteiger partial charge in [0.1, 0.15) is 16.9 Å². The van der Waals surface area contributed by atoms with Crippen LogP contribution in [0.3, 0.4) is 0 Å². The number of amides is 1. The molecule has 3 aromatic rings. The summed E-state index contributed by atoms with van der Waals surface area (Å²) < 4.78 is 11.3. The number of carbonyl (C=O) groups is 1. The van der Waals surface area contributed by atoms with Crippen LogP contribution in [0.15, 0.2) is 40.8 Å². The molecule has 118 valence electrons. The Kier molecular flexibility index (Phi) is 3.42. The van der Waals surface area contributed by atoms with Crippen molar-refractivity contribution >= 4 is 33.5 Å². The maximum atomic E-state index is 12.3. The monoisotopic (exact) mass is 310 g/mol. The average molecular weight is 310 g/mol. The summed E-state index contributed by atoms with van der Waals surface area (Å²) in [4.78, 5) is 12.3. The zero-order valence-corrected chi connectivity index (χ0v) is 12.9. The Bertz CT molecular complexity index is 878. The summed E-state index contributed by atoms with van der Waals surface area (Å²) in [6.07, 6.45) is 1.89. The van der Waals surface area contributed by atoms with Crippen molar-refractivity contribution in [3.8, 4) is 5.75 Å². The second kappa shape index (κ2) is 5.59. The summed E-state index contributed by atoms with van der Waals surface area (Å²) in [5, 5.41) is 8.17. The van der Waals surface area contributed by atoms with Crippen LogP contribution in [0.4, 0.5) is 5.69 Å². The lowest BCUT2D eigenvalue weighted by Crippen LogP contribution is -2.35. The van der Waals surface area contributed by atoms with E-state index >= 15 is 0 Å². The lowest BCUT2D eigenvalue weighted by atomic mass is 10.1. The van der Waals surface area contributed by atoms with Gasteiger partial charge in [0.25, 0.3) is 0 Å². The average Bonchev–Trinajstić information content (AvgIpc) is 3.21. The van der Waals surface area contributed by atoms with Gasteiger partial charge in [-0.2, -0.15) is 0 Å². The SMILES string of the molecule is COc1cc2c(cc1NC(=O)C1CCCN1)oc1ccccc12. The number of benzene rings is 2. The molecule has 2 heterocycles. The van der Waals surface area contributed by atoms with Crippen molar-refractivity contribution in [3.63, 3.8) is 0 Å². The summed E-state index contributed by atoms with van der Waals surface area (Å²) in [5.74, 6) is 0.603. The second-order valence-corrected chi connectivity index (χ2v) is 5.79. The van der Waals surface area contributed by atoms with Gasteiger partial charge in [0.2, 0.25) is 5.91 Å². The first-order valence-electron chi connectivity index (χ1n) is 7.80. The van der Waals surface area contributed by atoms with E-state index in [2.05, 4.69) is 10.6 Å². The molecule has 1 aliphatic rings. The zero-order valence-electron chi connectivity index (χ0n) is 12.9. The largest absolute Gasteiger partial charge is 0.495 e. The maximum absolute atomic E-state index is 12.3. The first-order valence-corrected chi connectivity index (χ1v) is 7.80.